The van der Waals surface area contributed by atoms with E-state index in [1.807, 2.05) is 37.3 Å². The lowest BCUT2D eigenvalue weighted by Crippen LogP contribution is -2.27. The predicted molar refractivity (Wildman–Crippen MR) is 95.4 cm³/mol. The Morgan fingerprint density at radius 1 is 1.13 bits per heavy atom. The molecule has 0 spiro atoms. The molecular weight excluding hydrogens is 380 g/mol. The number of hydrogen-bond acceptors (Lipinski definition) is 2. The van der Waals surface area contributed by atoms with Crippen LogP contribution in [0.3, 0.4) is 0 Å². The second-order valence-electron chi connectivity index (χ2n) is 5.08. The van der Waals surface area contributed by atoms with Crippen molar-refractivity contribution in [3.63, 3.8) is 0 Å². The third kappa shape index (κ3) is 5.37. The molecule has 0 aliphatic rings. The number of carbonyl (C=O) groups excluding carboxylic acids is 2. The minimum absolute atomic E-state index is 0.245. The van der Waals surface area contributed by atoms with E-state index in [-0.39, 0.29) is 18.2 Å². The zero-order valence-corrected chi connectivity index (χ0v) is 14.9. The van der Waals surface area contributed by atoms with Gasteiger partial charge in [-0.1, -0.05) is 35.9 Å². The molecule has 2 aromatic carbocycles. The fraction of sp³-hybridized carbons (Fsp3) is 0.176. The molecule has 0 aromatic heterocycles. The van der Waals surface area contributed by atoms with Crippen molar-refractivity contribution in [1.82, 2.24) is 5.32 Å². The molecular formula is C17H16BrClN2O2. The van der Waals surface area contributed by atoms with Crippen molar-refractivity contribution >= 4 is 45.0 Å². The Labute approximate surface area is 148 Å². The average Bonchev–Trinajstić information content (AvgIpc) is 2.49. The molecule has 0 aliphatic heterocycles. The Kier molecular flexibility index (Phi) is 6.19. The van der Waals surface area contributed by atoms with Crippen LogP contribution in [0.4, 0.5) is 5.69 Å². The number of rotatable bonds is 5. The topological polar surface area (TPSA) is 58.2 Å². The van der Waals surface area contributed by atoms with Crippen LogP contribution in [-0.4, -0.2) is 11.8 Å². The molecule has 0 heterocycles. The Balaban J connectivity index is 1.85. The molecule has 0 unspecified atom stereocenters. The van der Waals surface area contributed by atoms with Crippen molar-refractivity contribution in [3.8, 4) is 0 Å². The van der Waals surface area contributed by atoms with Crippen LogP contribution in [-0.2, 0) is 16.1 Å². The van der Waals surface area contributed by atoms with Gasteiger partial charge < -0.3 is 10.6 Å². The quantitative estimate of drug-likeness (QED) is 0.750. The van der Waals surface area contributed by atoms with Gasteiger partial charge in [-0.3, -0.25) is 9.59 Å². The second-order valence-corrected chi connectivity index (χ2v) is 6.34. The second kappa shape index (κ2) is 8.13. The van der Waals surface area contributed by atoms with Crippen LogP contribution in [0, 0.1) is 6.92 Å². The molecule has 0 saturated heterocycles. The summed E-state index contributed by atoms with van der Waals surface area (Å²) in [5, 5.41) is 5.97. The molecule has 120 valence electrons. The zero-order valence-electron chi connectivity index (χ0n) is 12.5. The zero-order chi connectivity index (χ0) is 16.8. The highest BCUT2D eigenvalue weighted by Gasteiger charge is 2.11. The highest BCUT2D eigenvalue weighted by molar-refractivity contribution is 9.10. The van der Waals surface area contributed by atoms with Crippen LogP contribution < -0.4 is 10.6 Å². The maximum absolute atomic E-state index is 11.9. The summed E-state index contributed by atoms with van der Waals surface area (Å²) in [6, 6.07) is 12.8. The van der Waals surface area contributed by atoms with Gasteiger partial charge in [-0.2, -0.15) is 0 Å². The molecule has 0 atom stereocenters. The van der Waals surface area contributed by atoms with E-state index in [1.165, 1.54) is 0 Å². The summed E-state index contributed by atoms with van der Waals surface area (Å²) in [7, 11) is 0. The molecule has 2 aromatic rings. The molecule has 0 bridgehead atoms. The Bertz CT molecular complexity index is 734. The fourth-order valence-electron chi connectivity index (χ4n) is 1.96. The normalized spacial score (nSPS) is 10.2. The Morgan fingerprint density at radius 3 is 2.57 bits per heavy atom. The molecule has 0 fully saturated rings. The molecule has 0 aliphatic carbocycles. The van der Waals surface area contributed by atoms with Crippen LogP contribution in [0.5, 0.6) is 0 Å². The van der Waals surface area contributed by atoms with E-state index in [9.17, 15) is 9.59 Å². The third-order valence-corrected chi connectivity index (χ3v) is 4.18. The average molecular weight is 396 g/mol. The lowest BCUT2D eigenvalue weighted by Gasteiger charge is -2.09. The first-order valence-electron chi connectivity index (χ1n) is 7.02. The molecule has 2 amide bonds. The van der Waals surface area contributed by atoms with Gasteiger partial charge in [-0.25, -0.2) is 0 Å². The van der Waals surface area contributed by atoms with Gasteiger partial charge in [0.15, 0.2) is 0 Å². The van der Waals surface area contributed by atoms with Gasteiger partial charge in [-0.15, -0.1) is 0 Å². The van der Waals surface area contributed by atoms with E-state index in [0.29, 0.717) is 17.3 Å². The number of benzene rings is 2. The van der Waals surface area contributed by atoms with Gasteiger partial charge in [0.2, 0.25) is 11.8 Å². The summed E-state index contributed by atoms with van der Waals surface area (Å²) in [4.78, 5) is 23.8. The highest BCUT2D eigenvalue weighted by Crippen LogP contribution is 2.23. The predicted octanol–water partition coefficient (Wildman–Crippen LogP) is 4.06. The molecule has 6 heteroatoms. The number of aryl methyl sites for hydroxylation is 1. The van der Waals surface area contributed by atoms with Crippen LogP contribution in [0.2, 0.25) is 5.02 Å². The lowest BCUT2D eigenvalue weighted by molar-refractivity contribution is -0.126. The highest BCUT2D eigenvalue weighted by atomic mass is 79.9. The van der Waals surface area contributed by atoms with Gasteiger partial charge in [-0.05, 0) is 52.2 Å². The molecule has 23 heavy (non-hydrogen) atoms. The van der Waals surface area contributed by atoms with Crippen molar-refractivity contribution < 1.29 is 9.59 Å². The number of nitrogens with one attached hydrogen (secondary N) is 2. The standard InChI is InChI=1S/C17H16BrClN2O2/c1-11-6-7-15(13(18)8-11)21-17(23)9-16(22)20-10-12-4-2-3-5-14(12)19/h2-8H,9-10H2,1H3,(H,20,22)(H,21,23). The van der Waals surface area contributed by atoms with Crippen molar-refractivity contribution in [2.24, 2.45) is 0 Å². The van der Waals surface area contributed by atoms with E-state index in [4.69, 9.17) is 11.6 Å². The van der Waals surface area contributed by atoms with Crippen LogP contribution >= 0.6 is 27.5 Å². The molecule has 2 N–H and O–H groups in total. The molecule has 0 saturated carbocycles. The lowest BCUT2D eigenvalue weighted by atomic mass is 10.2. The minimum Gasteiger partial charge on any atom is -0.352 e. The van der Waals surface area contributed by atoms with E-state index < -0.39 is 0 Å². The summed E-state index contributed by atoms with van der Waals surface area (Å²) < 4.78 is 0.780. The van der Waals surface area contributed by atoms with Crippen LogP contribution in [0.15, 0.2) is 46.9 Å². The largest absolute Gasteiger partial charge is 0.352 e. The van der Waals surface area contributed by atoms with Gasteiger partial charge in [0.1, 0.15) is 6.42 Å². The van der Waals surface area contributed by atoms with Gasteiger partial charge in [0.25, 0.3) is 0 Å². The Hall–Kier alpha value is -1.85. The van der Waals surface area contributed by atoms with Gasteiger partial charge in [0, 0.05) is 16.0 Å². The van der Waals surface area contributed by atoms with E-state index >= 15 is 0 Å². The number of hydrogen-bond donors (Lipinski definition) is 2. The summed E-state index contributed by atoms with van der Waals surface area (Å²) in [6.07, 6.45) is -0.245. The Morgan fingerprint density at radius 2 is 1.87 bits per heavy atom. The maximum Gasteiger partial charge on any atom is 0.233 e. The van der Waals surface area contributed by atoms with Crippen molar-refractivity contribution in [3.05, 3.63) is 63.1 Å². The summed E-state index contributed by atoms with van der Waals surface area (Å²) in [5.74, 6) is -0.725. The molecule has 4 nitrogen and oxygen atoms in total. The first-order valence-corrected chi connectivity index (χ1v) is 8.19. The van der Waals surface area contributed by atoms with Gasteiger partial charge >= 0.3 is 0 Å². The first-order chi connectivity index (χ1) is 11.0. The molecule has 0 radical (unpaired) electrons. The smallest absolute Gasteiger partial charge is 0.233 e. The van der Waals surface area contributed by atoms with Gasteiger partial charge in [0.05, 0.1) is 5.69 Å². The maximum atomic E-state index is 11.9. The molecule has 2 rings (SSSR count). The number of anilines is 1. The van der Waals surface area contributed by atoms with E-state index in [1.54, 1.807) is 12.1 Å². The summed E-state index contributed by atoms with van der Waals surface area (Å²) in [5.41, 5.74) is 2.52. The minimum atomic E-state index is -0.369. The monoisotopic (exact) mass is 394 g/mol. The SMILES string of the molecule is Cc1ccc(NC(=O)CC(=O)NCc2ccccc2Cl)c(Br)c1. The summed E-state index contributed by atoms with van der Waals surface area (Å²) >= 11 is 9.40. The van der Waals surface area contributed by atoms with Crippen LogP contribution in [0.25, 0.3) is 0 Å². The van der Waals surface area contributed by atoms with Crippen molar-refractivity contribution in [2.75, 3.05) is 5.32 Å². The van der Waals surface area contributed by atoms with Crippen molar-refractivity contribution in [2.45, 2.75) is 19.9 Å². The van der Waals surface area contributed by atoms with E-state index in [0.717, 1.165) is 15.6 Å². The number of carbonyl (C=O) groups is 2. The third-order valence-electron chi connectivity index (χ3n) is 3.15. The summed E-state index contributed by atoms with van der Waals surface area (Å²) in [6.45, 7) is 2.25. The fourth-order valence-corrected chi connectivity index (χ4v) is 2.75. The van der Waals surface area contributed by atoms with Crippen LogP contribution in [0.1, 0.15) is 17.5 Å². The van der Waals surface area contributed by atoms with E-state index in [2.05, 4.69) is 26.6 Å². The first kappa shape index (κ1) is 17.5. The number of amides is 2. The number of halogens is 2. The van der Waals surface area contributed by atoms with Crippen molar-refractivity contribution in [1.29, 1.82) is 0 Å².